The lowest BCUT2D eigenvalue weighted by Crippen LogP contribution is -2.36. The summed E-state index contributed by atoms with van der Waals surface area (Å²) in [7, 11) is 1.53. The number of imide groups is 1. The van der Waals surface area contributed by atoms with Crippen molar-refractivity contribution < 1.29 is 23.9 Å². The third-order valence-electron chi connectivity index (χ3n) is 2.52. The number of piperidine rings is 1. The van der Waals surface area contributed by atoms with E-state index in [2.05, 4.69) is 4.74 Å². The molecular weight excluding hydrogens is 226 g/mol. The zero-order valence-corrected chi connectivity index (χ0v) is 9.73. The van der Waals surface area contributed by atoms with Crippen molar-refractivity contribution in [1.82, 2.24) is 4.90 Å². The van der Waals surface area contributed by atoms with Crippen LogP contribution in [0.5, 0.6) is 0 Å². The average molecular weight is 241 g/mol. The number of ether oxygens (including phenoxy) is 1. The number of cyclic esters (lactones) is 2. The molecule has 2 rings (SSSR count). The van der Waals surface area contributed by atoms with Crippen molar-refractivity contribution in [3.63, 3.8) is 0 Å². The molecule has 0 unspecified atom stereocenters. The molecule has 2 aliphatic heterocycles. The Labute approximate surface area is 98.9 Å². The summed E-state index contributed by atoms with van der Waals surface area (Å²) in [6.07, 6.45) is 3.22. The molecule has 2 heterocycles. The molecule has 0 spiro atoms. The van der Waals surface area contributed by atoms with Crippen molar-refractivity contribution in [3.05, 3.63) is 0 Å². The number of hydrogen-bond acceptors (Lipinski definition) is 5. The number of esters is 2. The molecule has 0 aromatic carbocycles. The first-order valence-electron chi connectivity index (χ1n) is 5.53. The smallest absolute Gasteiger partial charge is 0.313 e. The molecule has 2 aliphatic rings. The predicted octanol–water partition coefficient (Wildman–Crippen LogP) is 0.395. The quantitative estimate of drug-likeness (QED) is 0.348. The van der Waals surface area contributed by atoms with Gasteiger partial charge in [-0.3, -0.25) is 24.1 Å². The molecular formula is C11H15NO5. The van der Waals surface area contributed by atoms with Gasteiger partial charge in [-0.15, -0.1) is 0 Å². The summed E-state index contributed by atoms with van der Waals surface area (Å²) >= 11 is 0. The number of rotatable bonds is 0. The maximum atomic E-state index is 10.7. The van der Waals surface area contributed by atoms with E-state index < -0.39 is 0 Å². The van der Waals surface area contributed by atoms with E-state index >= 15 is 0 Å². The fourth-order valence-corrected chi connectivity index (χ4v) is 1.47. The molecule has 6 nitrogen and oxygen atoms in total. The molecule has 0 N–H and O–H groups in total. The second kappa shape index (κ2) is 6.12. The molecule has 0 saturated carbocycles. The van der Waals surface area contributed by atoms with Gasteiger partial charge in [-0.05, 0) is 12.8 Å². The lowest BCUT2D eigenvalue weighted by atomic mass is 10.1. The SMILES string of the molecule is CN1C(=O)CCCC1=O.O=C1CCCC(=O)O1. The maximum Gasteiger partial charge on any atom is 0.313 e. The Morgan fingerprint density at radius 2 is 1.24 bits per heavy atom. The summed E-state index contributed by atoms with van der Waals surface area (Å²) in [6.45, 7) is 0. The molecule has 0 bridgehead atoms. The first-order chi connectivity index (χ1) is 8.00. The topological polar surface area (TPSA) is 80.8 Å². The number of nitrogens with zero attached hydrogens (tertiary/aromatic N) is 1. The van der Waals surface area contributed by atoms with E-state index in [9.17, 15) is 19.2 Å². The number of likely N-dealkylation sites (tertiary alicyclic amines) is 1. The highest BCUT2D eigenvalue weighted by atomic mass is 16.6. The van der Waals surface area contributed by atoms with Gasteiger partial charge in [-0.2, -0.15) is 0 Å². The Bertz CT molecular complexity index is 320. The van der Waals surface area contributed by atoms with E-state index in [1.54, 1.807) is 0 Å². The largest absolute Gasteiger partial charge is 0.393 e. The van der Waals surface area contributed by atoms with Crippen molar-refractivity contribution in [2.75, 3.05) is 7.05 Å². The molecule has 2 saturated heterocycles. The Balaban J connectivity index is 0.000000171. The van der Waals surface area contributed by atoms with Gasteiger partial charge in [0.25, 0.3) is 0 Å². The Morgan fingerprint density at radius 3 is 1.53 bits per heavy atom. The van der Waals surface area contributed by atoms with Gasteiger partial charge in [0.05, 0.1) is 0 Å². The van der Waals surface area contributed by atoms with Crippen LogP contribution in [0.1, 0.15) is 38.5 Å². The summed E-state index contributed by atoms with van der Waals surface area (Å²) in [4.78, 5) is 43.1. The highest BCUT2D eigenvalue weighted by molar-refractivity contribution is 5.97. The number of hydrogen-bond donors (Lipinski definition) is 0. The summed E-state index contributed by atoms with van der Waals surface area (Å²) in [6, 6.07) is 0. The van der Waals surface area contributed by atoms with Crippen LogP contribution in [0, 0.1) is 0 Å². The minimum atomic E-state index is -0.388. The molecule has 2 fully saturated rings. The molecule has 0 atom stereocenters. The van der Waals surface area contributed by atoms with Crippen LogP contribution in [0.15, 0.2) is 0 Å². The molecule has 17 heavy (non-hydrogen) atoms. The van der Waals surface area contributed by atoms with Crippen molar-refractivity contribution in [2.45, 2.75) is 38.5 Å². The number of carbonyl (C=O) groups is 4. The highest BCUT2D eigenvalue weighted by Gasteiger charge is 2.21. The van der Waals surface area contributed by atoms with Gasteiger partial charge in [0.15, 0.2) is 0 Å². The molecule has 0 aromatic rings. The Hall–Kier alpha value is -1.72. The standard InChI is InChI=1S/C6H9NO2.C5H6O3/c1-7-5(8)3-2-4-6(7)9;6-4-2-1-3-5(7)8-4/h2-4H2,1H3;1-3H2. The summed E-state index contributed by atoms with van der Waals surface area (Å²) in [5.74, 6) is -0.875. The van der Waals surface area contributed by atoms with Gasteiger partial charge in [0, 0.05) is 32.7 Å². The zero-order valence-electron chi connectivity index (χ0n) is 9.73. The van der Waals surface area contributed by atoms with E-state index in [1.807, 2.05) is 0 Å². The van der Waals surface area contributed by atoms with Crippen LogP contribution in [-0.4, -0.2) is 35.7 Å². The van der Waals surface area contributed by atoms with Crippen LogP contribution in [-0.2, 0) is 23.9 Å². The van der Waals surface area contributed by atoms with Crippen LogP contribution in [0.2, 0.25) is 0 Å². The van der Waals surface area contributed by atoms with Gasteiger partial charge in [0.1, 0.15) is 0 Å². The Morgan fingerprint density at radius 1 is 0.824 bits per heavy atom. The normalized spacial score (nSPS) is 20.6. The highest BCUT2D eigenvalue weighted by Crippen LogP contribution is 2.08. The van der Waals surface area contributed by atoms with Gasteiger partial charge in [-0.25, -0.2) is 0 Å². The minimum Gasteiger partial charge on any atom is -0.393 e. The van der Waals surface area contributed by atoms with Crippen molar-refractivity contribution >= 4 is 23.8 Å². The van der Waals surface area contributed by atoms with E-state index in [4.69, 9.17) is 0 Å². The fraction of sp³-hybridized carbons (Fsp3) is 0.636. The van der Waals surface area contributed by atoms with Crippen molar-refractivity contribution in [2.24, 2.45) is 0 Å². The fourth-order valence-electron chi connectivity index (χ4n) is 1.47. The molecule has 0 radical (unpaired) electrons. The molecule has 0 aromatic heterocycles. The second-order valence-electron chi connectivity index (χ2n) is 3.90. The van der Waals surface area contributed by atoms with Crippen molar-refractivity contribution in [1.29, 1.82) is 0 Å². The first kappa shape index (κ1) is 13.3. The minimum absolute atomic E-state index is 0.0498. The molecule has 94 valence electrons. The summed E-state index contributed by atoms with van der Waals surface area (Å²) in [5.41, 5.74) is 0. The van der Waals surface area contributed by atoms with Crippen LogP contribution in [0.3, 0.4) is 0 Å². The zero-order chi connectivity index (χ0) is 12.8. The van der Waals surface area contributed by atoms with E-state index in [1.165, 1.54) is 11.9 Å². The second-order valence-corrected chi connectivity index (χ2v) is 3.90. The van der Waals surface area contributed by atoms with Crippen molar-refractivity contribution in [3.8, 4) is 0 Å². The summed E-state index contributed by atoms with van der Waals surface area (Å²) < 4.78 is 4.21. The summed E-state index contributed by atoms with van der Waals surface area (Å²) in [5, 5.41) is 0. The van der Waals surface area contributed by atoms with Gasteiger partial charge in [0.2, 0.25) is 11.8 Å². The third kappa shape index (κ3) is 4.34. The Kier molecular flexibility index (Phi) is 4.81. The van der Waals surface area contributed by atoms with Gasteiger partial charge >= 0.3 is 11.9 Å². The molecule has 0 aliphatic carbocycles. The number of amides is 2. The van der Waals surface area contributed by atoms with Crippen LogP contribution in [0.25, 0.3) is 0 Å². The molecule has 6 heteroatoms. The predicted molar refractivity (Wildman–Crippen MR) is 56.6 cm³/mol. The van der Waals surface area contributed by atoms with Crippen LogP contribution < -0.4 is 0 Å². The van der Waals surface area contributed by atoms with Crippen LogP contribution >= 0.6 is 0 Å². The third-order valence-corrected chi connectivity index (χ3v) is 2.52. The lowest BCUT2D eigenvalue weighted by Gasteiger charge is -2.19. The lowest BCUT2D eigenvalue weighted by molar-refractivity contribution is -0.163. The van der Waals surface area contributed by atoms with Crippen LogP contribution in [0.4, 0.5) is 0 Å². The van der Waals surface area contributed by atoms with E-state index in [0.29, 0.717) is 32.1 Å². The van der Waals surface area contributed by atoms with Gasteiger partial charge in [-0.1, -0.05) is 0 Å². The maximum absolute atomic E-state index is 10.7. The average Bonchev–Trinajstić information content (AvgIpc) is 2.26. The number of carbonyl (C=O) groups excluding carboxylic acids is 4. The first-order valence-corrected chi connectivity index (χ1v) is 5.53. The van der Waals surface area contributed by atoms with E-state index in [-0.39, 0.29) is 23.8 Å². The monoisotopic (exact) mass is 241 g/mol. The molecule has 2 amide bonds. The van der Waals surface area contributed by atoms with E-state index in [0.717, 1.165) is 6.42 Å². The van der Waals surface area contributed by atoms with Gasteiger partial charge < -0.3 is 4.74 Å².